The molecule has 1 saturated heterocycles. The van der Waals surface area contributed by atoms with Gasteiger partial charge in [-0.25, -0.2) is 0 Å². The third-order valence-corrected chi connectivity index (χ3v) is 5.67. The Bertz CT molecular complexity index is 1070. The Hall–Kier alpha value is -2.78. The van der Waals surface area contributed by atoms with Crippen molar-refractivity contribution in [3.63, 3.8) is 0 Å². The molecule has 0 unspecified atom stereocenters. The first kappa shape index (κ1) is 21.5. The molecule has 1 aliphatic rings. The quantitative estimate of drug-likeness (QED) is 0.555. The molecule has 0 atom stereocenters. The molecule has 0 amide bonds. The summed E-state index contributed by atoms with van der Waals surface area (Å²) in [5, 5.41) is 5.54. The van der Waals surface area contributed by atoms with Crippen molar-refractivity contribution in [3.8, 4) is 17.8 Å². The number of likely N-dealkylation sites (tertiary alicyclic amines) is 1. The number of rotatable bonds is 6. The number of halogens is 1. The van der Waals surface area contributed by atoms with E-state index in [4.69, 9.17) is 21.1 Å². The van der Waals surface area contributed by atoms with Crippen LogP contribution in [0.2, 0.25) is 5.02 Å². The normalized spacial score (nSPS) is 14.8. The fourth-order valence-corrected chi connectivity index (χ4v) is 3.99. The summed E-state index contributed by atoms with van der Waals surface area (Å²) in [5.74, 6) is 3.53. The molecule has 1 aromatic heterocycles. The Labute approximate surface area is 188 Å². The Kier molecular flexibility index (Phi) is 7.26. The summed E-state index contributed by atoms with van der Waals surface area (Å²) in [7, 11) is 1.61. The highest BCUT2D eigenvalue weighted by Crippen LogP contribution is 2.27. The maximum atomic E-state index is 6.10. The minimum atomic E-state index is 0.370. The molecular weight excluding hydrogens is 410 g/mol. The van der Waals surface area contributed by atoms with Crippen molar-refractivity contribution < 1.29 is 9.47 Å². The molecule has 2 heterocycles. The van der Waals surface area contributed by atoms with Crippen LogP contribution in [-0.2, 0) is 11.3 Å². The molecule has 0 spiro atoms. The summed E-state index contributed by atoms with van der Waals surface area (Å²) < 4.78 is 10.3. The number of anilines is 1. The summed E-state index contributed by atoms with van der Waals surface area (Å²) in [6.45, 7) is 3.44. The van der Waals surface area contributed by atoms with Crippen molar-refractivity contribution in [3.05, 3.63) is 65.3 Å². The van der Waals surface area contributed by atoms with Gasteiger partial charge in [0.2, 0.25) is 0 Å². The van der Waals surface area contributed by atoms with Gasteiger partial charge in [-0.05, 0) is 60.7 Å². The summed E-state index contributed by atoms with van der Waals surface area (Å²) in [5.41, 5.74) is 3.33. The molecule has 0 bridgehead atoms. The molecule has 4 rings (SSSR count). The van der Waals surface area contributed by atoms with Crippen molar-refractivity contribution in [1.82, 2.24) is 9.88 Å². The number of pyridine rings is 1. The van der Waals surface area contributed by atoms with Crippen LogP contribution in [0.4, 0.5) is 5.69 Å². The Morgan fingerprint density at radius 1 is 1.13 bits per heavy atom. The van der Waals surface area contributed by atoms with Crippen molar-refractivity contribution in [2.75, 3.05) is 32.1 Å². The second-order valence-corrected chi connectivity index (χ2v) is 8.11. The molecule has 3 aromatic rings. The number of fused-ring (bicyclic) bond motifs is 1. The Morgan fingerprint density at radius 3 is 2.71 bits per heavy atom. The van der Waals surface area contributed by atoms with E-state index in [2.05, 4.69) is 39.4 Å². The van der Waals surface area contributed by atoms with Crippen molar-refractivity contribution in [2.45, 2.75) is 25.4 Å². The zero-order valence-corrected chi connectivity index (χ0v) is 18.4. The van der Waals surface area contributed by atoms with E-state index < -0.39 is 0 Å². The van der Waals surface area contributed by atoms with Crippen LogP contribution in [0.1, 0.15) is 18.4 Å². The molecule has 5 nitrogen and oxygen atoms in total. The van der Waals surface area contributed by atoms with Gasteiger partial charge in [-0.2, -0.15) is 0 Å². The van der Waals surface area contributed by atoms with Crippen LogP contribution in [0, 0.1) is 12.0 Å². The molecule has 160 valence electrons. The number of nitrogens with one attached hydrogen (secondary N) is 1. The zero-order valence-electron chi connectivity index (χ0n) is 17.6. The second-order valence-electron chi connectivity index (χ2n) is 7.67. The fourth-order valence-electron chi connectivity index (χ4n) is 3.82. The van der Waals surface area contributed by atoms with E-state index in [1.807, 2.05) is 42.6 Å². The Balaban J connectivity index is 1.28. The fraction of sp³-hybridized carbons (Fsp3) is 0.320. The molecule has 0 radical (unpaired) electrons. The van der Waals surface area contributed by atoms with Crippen LogP contribution in [0.25, 0.3) is 10.9 Å². The number of methoxy groups -OCH3 is 1. The SMILES string of the molecule is COCC#COc1ccc(CN2CCC(Nc3ccnc4cc(Cl)ccc34)CC2)cc1. The first-order chi connectivity index (χ1) is 15.2. The van der Waals surface area contributed by atoms with E-state index in [-0.39, 0.29) is 0 Å². The zero-order chi connectivity index (χ0) is 21.5. The number of nitrogens with zero attached hydrogens (tertiary/aromatic N) is 2. The lowest BCUT2D eigenvalue weighted by atomic mass is 10.0. The van der Waals surface area contributed by atoms with Crippen LogP contribution < -0.4 is 10.1 Å². The standard InChI is InChI=1S/C25H26ClN3O2/c1-30-15-2-16-31-22-6-3-19(4-7-22)18-29-13-10-21(11-14-29)28-24-9-12-27-25-17-20(26)5-8-23(24)25/h3-9,12,17,21H,10-11,13-15,18H2,1H3,(H,27,28). The number of benzene rings is 2. The maximum absolute atomic E-state index is 6.10. The molecule has 0 saturated carbocycles. The maximum Gasteiger partial charge on any atom is 0.140 e. The average Bonchev–Trinajstić information content (AvgIpc) is 2.79. The van der Waals surface area contributed by atoms with Crippen molar-refractivity contribution in [2.24, 2.45) is 0 Å². The van der Waals surface area contributed by atoms with E-state index in [1.54, 1.807) is 7.11 Å². The average molecular weight is 436 g/mol. The van der Waals surface area contributed by atoms with E-state index in [1.165, 1.54) is 5.56 Å². The first-order valence-electron chi connectivity index (χ1n) is 10.5. The van der Waals surface area contributed by atoms with Gasteiger partial charge in [0, 0.05) is 55.1 Å². The molecule has 1 fully saturated rings. The highest BCUT2D eigenvalue weighted by molar-refractivity contribution is 6.31. The van der Waals surface area contributed by atoms with Crippen molar-refractivity contribution in [1.29, 1.82) is 0 Å². The monoisotopic (exact) mass is 435 g/mol. The van der Waals surface area contributed by atoms with E-state index in [0.717, 1.165) is 54.8 Å². The highest BCUT2D eigenvalue weighted by Gasteiger charge is 2.19. The number of piperidine rings is 1. The smallest absolute Gasteiger partial charge is 0.140 e. The van der Waals surface area contributed by atoms with Gasteiger partial charge in [0.25, 0.3) is 0 Å². The van der Waals surface area contributed by atoms with Crippen LogP contribution >= 0.6 is 11.6 Å². The molecule has 6 heteroatoms. The van der Waals surface area contributed by atoms with Gasteiger partial charge in [-0.15, -0.1) is 0 Å². The number of hydrogen-bond donors (Lipinski definition) is 1. The van der Waals surface area contributed by atoms with Crippen LogP contribution in [0.15, 0.2) is 54.7 Å². The number of hydrogen-bond acceptors (Lipinski definition) is 5. The van der Waals surface area contributed by atoms with Crippen molar-refractivity contribution >= 4 is 28.2 Å². The van der Waals surface area contributed by atoms with Gasteiger partial charge < -0.3 is 14.8 Å². The summed E-state index contributed by atoms with van der Waals surface area (Å²) in [6.07, 6.45) is 6.69. The van der Waals surface area contributed by atoms with Gasteiger partial charge in [-0.3, -0.25) is 9.88 Å². The summed E-state index contributed by atoms with van der Waals surface area (Å²) in [6, 6.07) is 16.5. The molecule has 31 heavy (non-hydrogen) atoms. The topological polar surface area (TPSA) is 46.6 Å². The minimum absolute atomic E-state index is 0.370. The Morgan fingerprint density at radius 2 is 1.94 bits per heavy atom. The minimum Gasteiger partial charge on any atom is -0.407 e. The largest absolute Gasteiger partial charge is 0.407 e. The van der Waals surface area contributed by atoms with Gasteiger partial charge in [0.1, 0.15) is 18.5 Å². The lowest BCUT2D eigenvalue weighted by Crippen LogP contribution is -2.38. The predicted molar refractivity (Wildman–Crippen MR) is 125 cm³/mol. The number of aromatic nitrogens is 1. The van der Waals surface area contributed by atoms with Crippen LogP contribution in [0.5, 0.6) is 5.75 Å². The van der Waals surface area contributed by atoms with Crippen LogP contribution in [-0.4, -0.2) is 42.7 Å². The first-order valence-corrected chi connectivity index (χ1v) is 10.8. The number of ether oxygens (including phenoxy) is 2. The van der Waals surface area contributed by atoms with Gasteiger partial charge in [-0.1, -0.05) is 23.7 Å². The molecular formula is C25H26ClN3O2. The predicted octanol–water partition coefficient (Wildman–Crippen LogP) is 4.95. The second kappa shape index (κ2) is 10.5. The third-order valence-electron chi connectivity index (χ3n) is 5.44. The van der Waals surface area contributed by atoms with E-state index in [0.29, 0.717) is 17.7 Å². The highest BCUT2D eigenvalue weighted by atomic mass is 35.5. The molecule has 1 N–H and O–H groups in total. The van der Waals surface area contributed by atoms with Crippen LogP contribution in [0.3, 0.4) is 0 Å². The molecule has 0 aliphatic carbocycles. The lowest BCUT2D eigenvalue weighted by Gasteiger charge is -2.33. The van der Waals surface area contributed by atoms with Gasteiger partial charge in [0.15, 0.2) is 0 Å². The summed E-state index contributed by atoms with van der Waals surface area (Å²) >= 11 is 6.10. The molecule has 2 aromatic carbocycles. The van der Waals surface area contributed by atoms with E-state index >= 15 is 0 Å². The van der Waals surface area contributed by atoms with Gasteiger partial charge in [0.05, 0.1) is 5.52 Å². The molecule has 1 aliphatic heterocycles. The summed E-state index contributed by atoms with van der Waals surface area (Å²) in [4.78, 5) is 6.93. The van der Waals surface area contributed by atoms with E-state index in [9.17, 15) is 0 Å². The van der Waals surface area contributed by atoms with Gasteiger partial charge >= 0.3 is 0 Å². The third kappa shape index (κ3) is 5.89. The lowest BCUT2D eigenvalue weighted by molar-refractivity contribution is 0.211.